The molecule has 2 N–H and O–H groups in total. The van der Waals surface area contributed by atoms with Crippen LogP contribution in [0.3, 0.4) is 0 Å². The van der Waals surface area contributed by atoms with E-state index in [2.05, 4.69) is 5.32 Å². The smallest absolute Gasteiger partial charge is 0.326 e. The fraction of sp³-hybridized carbons (Fsp3) is 0.429. The van der Waals surface area contributed by atoms with Crippen LogP contribution < -0.4 is 5.32 Å². The SMILES string of the molecule is CSCCN(C)C(=O)N[C@H](Cc1ccccc1)C(=O)O. The van der Waals surface area contributed by atoms with Gasteiger partial charge >= 0.3 is 12.0 Å². The quantitative estimate of drug-likeness (QED) is 0.803. The predicted molar refractivity (Wildman–Crippen MR) is 81.1 cm³/mol. The van der Waals surface area contributed by atoms with Gasteiger partial charge in [0.15, 0.2) is 0 Å². The Morgan fingerprint density at radius 1 is 1.35 bits per heavy atom. The van der Waals surface area contributed by atoms with Gasteiger partial charge in [-0.15, -0.1) is 0 Å². The van der Waals surface area contributed by atoms with Crippen molar-refractivity contribution in [1.82, 2.24) is 10.2 Å². The predicted octanol–water partition coefficient (Wildman–Crippen LogP) is 1.69. The van der Waals surface area contributed by atoms with Gasteiger partial charge in [-0.3, -0.25) is 0 Å². The van der Waals surface area contributed by atoms with E-state index in [4.69, 9.17) is 0 Å². The number of nitrogens with one attached hydrogen (secondary N) is 1. The Morgan fingerprint density at radius 2 is 2.00 bits per heavy atom. The van der Waals surface area contributed by atoms with Crippen LogP contribution in [0.25, 0.3) is 0 Å². The van der Waals surface area contributed by atoms with Crippen LogP contribution in [-0.2, 0) is 11.2 Å². The molecule has 1 atom stereocenters. The highest BCUT2D eigenvalue weighted by molar-refractivity contribution is 7.98. The number of hydrogen-bond donors (Lipinski definition) is 2. The van der Waals surface area contributed by atoms with Crippen LogP contribution in [0.4, 0.5) is 4.79 Å². The van der Waals surface area contributed by atoms with E-state index < -0.39 is 12.0 Å². The molecule has 0 aliphatic heterocycles. The highest BCUT2D eigenvalue weighted by Gasteiger charge is 2.21. The summed E-state index contributed by atoms with van der Waals surface area (Å²) in [6.45, 7) is 0.588. The number of rotatable bonds is 7. The van der Waals surface area contributed by atoms with Gasteiger partial charge < -0.3 is 15.3 Å². The fourth-order valence-electron chi connectivity index (χ4n) is 1.64. The summed E-state index contributed by atoms with van der Waals surface area (Å²) in [6, 6.07) is 7.98. The average molecular weight is 296 g/mol. The molecule has 0 unspecified atom stereocenters. The molecule has 1 rings (SSSR count). The number of nitrogens with zero attached hydrogens (tertiary/aromatic N) is 1. The Morgan fingerprint density at radius 3 is 2.55 bits per heavy atom. The molecule has 1 aromatic rings. The van der Waals surface area contributed by atoms with Gasteiger partial charge in [-0.1, -0.05) is 30.3 Å². The Hall–Kier alpha value is -1.69. The van der Waals surface area contributed by atoms with E-state index in [1.54, 1.807) is 18.8 Å². The maximum Gasteiger partial charge on any atom is 0.326 e. The Kier molecular flexibility index (Phi) is 6.93. The van der Waals surface area contributed by atoms with Gasteiger partial charge in [-0.2, -0.15) is 11.8 Å². The highest BCUT2D eigenvalue weighted by atomic mass is 32.2. The molecule has 110 valence electrons. The number of carbonyl (C=O) groups is 2. The lowest BCUT2D eigenvalue weighted by Gasteiger charge is -2.21. The largest absolute Gasteiger partial charge is 0.480 e. The van der Waals surface area contributed by atoms with Crippen LogP contribution in [0.15, 0.2) is 30.3 Å². The van der Waals surface area contributed by atoms with Crippen LogP contribution >= 0.6 is 11.8 Å². The zero-order valence-corrected chi connectivity index (χ0v) is 12.5. The number of carboxylic acid groups (broad SMARTS) is 1. The molecule has 0 saturated heterocycles. The van der Waals surface area contributed by atoms with Crippen LogP contribution in [0.1, 0.15) is 5.56 Å². The number of carboxylic acids is 1. The molecule has 6 heteroatoms. The number of carbonyl (C=O) groups excluding carboxylic acids is 1. The van der Waals surface area contributed by atoms with Crippen molar-refractivity contribution in [2.24, 2.45) is 0 Å². The summed E-state index contributed by atoms with van der Waals surface area (Å²) in [5.41, 5.74) is 0.881. The normalized spacial score (nSPS) is 11.7. The summed E-state index contributed by atoms with van der Waals surface area (Å²) in [5.74, 6) is -0.208. The first-order chi connectivity index (χ1) is 9.54. The third-order valence-corrected chi connectivity index (χ3v) is 3.45. The van der Waals surface area contributed by atoms with E-state index in [0.29, 0.717) is 6.54 Å². The minimum absolute atomic E-state index is 0.276. The van der Waals surface area contributed by atoms with Gasteiger partial charge in [-0.25, -0.2) is 9.59 Å². The van der Waals surface area contributed by atoms with Gasteiger partial charge in [0.25, 0.3) is 0 Å². The number of thioether (sulfide) groups is 1. The maximum absolute atomic E-state index is 11.9. The van der Waals surface area contributed by atoms with E-state index in [-0.39, 0.29) is 12.5 Å². The van der Waals surface area contributed by atoms with Crippen molar-refractivity contribution in [2.75, 3.05) is 25.6 Å². The van der Waals surface area contributed by atoms with E-state index in [9.17, 15) is 14.7 Å². The summed E-state index contributed by atoms with van der Waals surface area (Å²) < 4.78 is 0. The standard InChI is InChI=1S/C14H20N2O3S/c1-16(8-9-20-2)14(19)15-12(13(17)18)10-11-6-4-3-5-7-11/h3-7,12H,8-10H2,1-2H3,(H,15,19)(H,17,18)/t12-/m1/s1. The molecule has 20 heavy (non-hydrogen) atoms. The molecule has 1 aromatic carbocycles. The minimum Gasteiger partial charge on any atom is -0.480 e. The van der Waals surface area contributed by atoms with Crippen molar-refractivity contribution in [3.8, 4) is 0 Å². The first-order valence-electron chi connectivity index (χ1n) is 6.32. The van der Waals surface area contributed by atoms with E-state index in [0.717, 1.165) is 11.3 Å². The summed E-state index contributed by atoms with van der Waals surface area (Å²) >= 11 is 1.64. The van der Waals surface area contributed by atoms with Crippen LogP contribution in [0.2, 0.25) is 0 Å². The molecule has 0 aliphatic carbocycles. The average Bonchev–Trinajstić information content (AvgIpc) is 2.44. The number of urea groups is 1. The number of benzene rings is 1. The molecule has 0 fully saturated rings. The van der Waals surface area contributed by atoms with Gasteiger partial charge in [-0.05, 0) is 11.8 Å². The second-order valence-corrected chi connectivity index (χ2v) is 5.43. The summed E-state index contributed by atoms with van der Waals surface area (Å²) in [7, 11) is 1.66. The molecule has 0 bridgehead atoms. The lowest BCUT2D eigenvalue weighted by Crippen LogP contribution is -2.48. The monoisotopic (exact) mass is 296 g/mol. The fourth-order valence-corrected chi connectivity index (χ4v) is 2.10. The summed E-state index contributed by atoms with van der Waals surface area (Å²) in [4.78, 5) is 24.6. The summed E-state index contributed by atoms with van der Waals surface area (Å²) in [6.07, 6.45) is 2.24. The molecule has 2 amide bonds. The first kappa shape index (κ1) is 16.4. The second kappa shape index (κ2) is 8.47. The number of aliphatic carboxylic acids is 1. The van der Waals surface area contributed by atoms with Crippen LogP contribution in [0, 0.1) is 0 Å². The second-order valence-electron chi connectivity index (χ2n) is 4.44. The molecule has 0 spiro atoms. The highest BCUT2D eigenvalue weighted by Crippen LogP contribution is 2.04. The Labute approximate surface area is 123 Å². The lowest BCUT2D eigenvalue weighted by molar-refractivity contribution is -0.139. The molecular formula is C14H20N2O3S. The molecular weight excluding hydrogens is 276 g/mol. The molecule has 0 saturated carbocycles. The zero-order valence-electron chi connectivity index (χ0n) is 11.7. The maximum atomic E-state index is 11.9. The van der Waals surface area contributed by atoms with Crippen LogP contribution in [0.5, 0.6) is 0 Å². The van der Waals surface area contributed by atoms with E-state index >= 15 is 0 Å². The Balaban J connectivity index is 2.59. The lowest BCUT2D eigenvalue weighted by atomic mass is 10.1. The molecule has 0 radical (unpaired) electrons. The zero-order chi connectivity index (χ0) is 15.0. The number of hydrogen-bond acceptors (Lipinski definition) is 3. The third-order valence-electron chi connectivity index (χ3n) is 2.86. The topological polar surface area (TPSA) is 69.6 Å². The van der Waals surface area contributed by atoms with Crippen molar-refractivity contribution < 1.29 is 14.7 Å². The molecule has 0 aromatic heterocycles. The Bertz CT molecular complexity index is 439. The third kappa shape index (κ3) is 5.52. The van der Waals surface area contributed by atoms with Gasteiger partial charge in [0.2, 0.25) is 0 Å². The summed E-state index contributed by atoms with van der Waals surface area (Å²) in [5, 5.41) is 11.8. The van der Waals surface area contributed by atoms with E-state index in [1.165, 1.54) is 4.90 Å². The van der Waals surface area contributed by atoms with Crippen molar-refractivity contribution in [1.29, 1.82) is 0 Å². The molecule has 0 heterocycles. The van der Waals surface area contributed by atoms with Crippen molar-refractivity contribution in [3.05, 3.63) is 35.9 Å². The van der Waals surface area contributed by atoms with Crippen molar-refractivity contribution >= 4 is 23.8 Å². The molecule has 5 nitrogen and oxygen atoms in total. The van der Waals surface area contributed by atoms with E-state index in [1.807, 2.05) is 36.6 Å². The van der Waals surface area contributed by atoms with Gasteiger partial charge in [0, 0.05) is 25.8 Å². The van der Waals surface area contributed by atoms with Crippen LogP contribution in [-0.4, -0.2) is 53.6 Å². The van der Waals surface area contributed by atoms with Gasteiger partial charge in [0.05, 0.1) is 0 Å². The first-order valence-corrected chi connectivity index (χ1v) is 7.71. The van der Waals surface area contributed by atoms with Crippen molar-refractivity contribution in [2.45, 2.75) is 12.5 Å². The van der Waals surface area contributed by atoms with Gasteiger partial charge in [0.1, 0.15) is 6.04 Å². The van der Waals surface area contributed by atoms with Crippen molar-refractivity contribution in [3.63, 3.8) is 0 Å². The molecule has 0 aliphatic rings. The number of amides is 2. The minimum atomic E-state index is -1.03.